The van der Waals surface area contributed by atoms with Crippen LogP contribution in [0.15, 0.2) is 47.6 Å². The van der Waals surface area contributed by atoms with Crippen molar-refractivity contribution in [2.45, 2.75) is 31.4 Å². The Morgan fingerprint density at radius 2 is 1.92 bits per heavy atom. The van der Waals surface area contributed by atoms with Crippen molar-refractivity contribution in [2.75, 3.05) is 6.61 Å². The highest BCUT2D eigenvalue weighted by atomic mass is 32.2. The fraction of sp³-hybridized carbons (Fsp3) is 0.316. The molecule has 130 valence electrons. The summed E-state index contributed by atoms with van der Waals surface area (Å²) >= 11 is 1.18. The second-order valence-corrected chi connectivity index (χ2v) is 7.02. The van der Waals surface area contributed by atoms with E-state index in [1.165, 1.54) is 17.3 Å². The van der Waals surface area contributed by atoms with E-state index in [1.807, 2.05) is 30.5 Å². The first kappa shape index (κ1) is 17.5. The first-order valence-electron chi connectivity index (χ1n) is 8.34. The van der Waals surface area contributed by atoms with E-state index >= 15 is 0 Å². The Labute approximate surface area is 151 Å². The molecule has 0 bridgehead atoms. The minimum atomic E-state index is -0.206. The van der Waals surface area contributed by atoms with Crippen LogP contribution in [0, 0.1) is 0 Å². The summed E-state index contributed by atoms with van der Waals surface area (Å²) in [7, 11) is 0. The van der Waals surface area contributed by atoms with Crippen molar-refractivity contribution in [2.24, 2.45) is 10.7 Å². The number of amidine groups is 1. The van der Waals surface area contributed by atoms with E-state index < -0.39 is 0 Å². The average molecular weight is 355 g/mol. The molecule has 1 atom stereocenters. The van der Waals surface area contributed by atoms with Crippen molar-refractivity contribution in [3.05, 3.63) is 59.4 Å². The molecule has 2 aromatic rings. The van der Waals surface area contributed by atoms with Gasteiger partial charge in [-0.25, -0.2) is 0 Å². The lowest BCUT2D eigenvalue weighted by molar-refractivity contribution is 0.268. The molecule has 1 aliphatic rings. The molecule has 25 heavy (non-hydrogen) atoms. The van der Waals surface area contributed by atoms with Gasteiger partial charge >= 0.3 is 5.24 Å². The molecule has 0 spiro atoms. The quantitative estimate of drug-likeness (QED) is 0.823. The van der Waals surface area contributed by atoms with Crippen LogP contribution in [0.2, 0.25) is 0 Å². The summed E-state index contributed by atoms with van der Waals surface area (Å²) in [6.07, 6.45) is 4.39. The summed E-state index contributed by atoms with van der Waals surface area (Å²) in [6, 6.07) is 12.0. The third-order valence-electron chi connectivity index (χ3n) is 4.06. The lowest BCUT2D eigenvalue weighted by Gasteiger charge is -2.10. The second kappa shape index (κ2) is 8.16. The normalized spacial score (nSPS) is 16.8. The maximum absolute atomic E-state index is 11.2. The molecule has 0 fully saturated rings. The highest BCUT2D eigenvalue weighted by Gasteiger charge is 2.25. The molecule has 1 aromatic carbocycles. The van der Waals surface area contributed by atoms with Crippen molar-refractivity contribution >= 4 is 22.8 Å². The van der Waals surface area contributed by atoms with E-state index in [9.17, 15) is 4.79 Å². The highest BCUT2D eigenvalue weighted by molar-refractivity contribution is 8.15. The van der Waals surface area contributed by atoms with Crippen molar-refractivity contribution in [3.63, 3.8) is 0 Å². The van der Waals surface area contributed by atoms with Gasteiger partial charge in [0.15, 0.2) is 0 Å². The second-order valence-electron chi connectivity index (χ2n) is 5.87. The summed E-state index contributed by atoms with van der Waals surface area (Å²) < 4.78 is 5.78. The van der Waals surface area contributed by atoms with E-state index in [2.05, 4.69) is 29.0 Å². The van der Waals surface area contributed by atoms with Crippen LogP contribution in [-0.2, 0) is 19.3 Å². The van der Waals surface area contributed by atoms with Gasteiger partial charge in [-0.2, -0.15) is 4.99 Å². The topological polar surface area (TPSA) is 77.6 Å². The van der Waals surface area contributed by atoms with Gasteiger partial charge in [-0.3, -0.25) is 9.78 Å². The van der Waals surface area contributed by atoms with E-state index in [1.54, 1.807) is 0 Å². The third kappa shape index (κ3) is 4.82. The van der Waals surface area contributed by atoms with Crippen LogP contribution in [0.1, 0.15) is 23.7 Å². The van der Waals surface area contributed by atoms with Crippen molar-refractivity contribution in [3.8, 4) is 5.75 Å². The van der Waals surface area contributed by atoms with Gasteiger partial charge in [0.2, 0.25) is 0 Å². The molecule has 2 N–H and O–H groups in total. The first-order valence-corrected chi connectivity index (χ1v) is 9.22. The Morgan fingerprint density at radius 3 is 2.52 bits per heavy atom. The number of amides is 1. The van der Waals surface area contributed by atoms with Gasteiger partial charge < -0.3 is 10.5 Å². The number of nitrogens with two attached hydrogens (primary N) is 1. The monoisotopic (exact) mass is 355 g/mol. The fourth-order valence-corrected chi connectivity index (χ4v) is 3.40. The molecule has 0 saturated heterocycles. The molecule has 1 amide bonds. The van der Waals surface area contributed by atoms with Gasteiger partial charge in [0.05, 0.1) is 11.9 Å². The molecule has 5 nitrogen and oxygen atoms in total. The minimum absolute atomic E-state index is 0.0589. The SMILES string of the molecule is CCc1ccc(CCOc2ccc(CC3SC(=O)N=C3N)cc2)nc1. The molecule has 1 unspecified atom stereocenters. The number of benzene rings is 1. The molecule has 1 aromatic heterocycles. The highest BCUT2D eigenvalue weighted by Crippen LogP contribution is 2.25. The van der Waals surface area contributed by atoms with Crippen LogP contribution in [0.5, 0.6) is 5.75 Å². The summed E-state index contributed by atoms with van der Waals surface area (Å²) in [5.41, 5.74) is 9.15. The number of nitrogens with zero attached hydrogens (tertiary/aromatic N) is 2. The number of carbonyl (C=O) groups is 1. The zero-order valence-corrected chi connectivity index (χ0v) is 15.0. The fourth-order valence-electron chi connectivity index (χ4n) is 2.55. The molecule has 1 aliphatic heterocycles. The van der Waals surface area contributed by atoms with Crippen LogP contribution in [0.3, 0.4) is 0 Å². The van der Waals surface area contributed by atoms with Crippen LogP contribution in [0.4, 0.5) is 4.79 Å². The zero-order chi connectivity index (χ0) is 17.6. The van der Waals surface area contributed by atoms with Gasteiger partial charge in [-0.1, -0.05) is 36.9 Å². The molecule has 0 aliphatic carbocycles. The lowest BCUT2D eigenvalue weighted by atomic mass is 10.1. The first-order chi connectivity index (χ1) is 12.1. The number of hydrogen-bond acceptors (Lipinski definition) is 5. The molecule has 3 rings (SSSR count). The summed E-state index contributed by atoms with van der Waals surface area (Å²) in [5.74, 6) is 1.24. The van der Waals surface area contributed by atoms with Crippen LogP contribution in [-0.4, -0.2) is 27.9 Å². The molecule has 0 radical (unpaired) electrons. The average Bonchev–Trinajstić information content (AvgIpc) is 2.94. The molecular weight excluding hydrogens is 334 g/mol. The molecular formula is C19H21N3O2S. The largest absolute Gasteiger partial charge is 0.493 e. The zero-order valence-electron chi connectivity index (χ0n) is 14.1. The number of rotatable bonds is 7. The molecule has 0 saturated carbocycles. The predicted octanol–water partition coefficient (Wildman–Crippen LogP) is 3.40. The lowest BCUT2D eigenvalue weighted by Crippen LogP contribution is -2.24. The Bertz CT molecular complexity index is 757. The van der Waals surface area contributed by atoms with Gasteiger partial charge in [0.25, 0.3) is 0 Å². The maximum atomic E-state index is 11.2. The van der Waals surface area contributed by atoms with E-state index in [-0.39, 0.29) is 10.5 Å². The Hall–Kier alpha value is -2.34. The predicted molar refractivity (Wildman–Crippen MR) is 101 cm³/mol. The number of ether oxygens (including phenoxy) is 1. The Kier molecular flexibility index (Phi) is 5.71. The number of aromatic nitrogens is 1. The Balaban J connectivity index is 1.47. The van der Waals surface area contributed by atoms with Gasteiger partial charge in [0.1, 0.15) is 11.6 Å². The summed E-state index contributed by atoms with van der Waals surface area (Å²) in [4.78, 5) is 19.4. The van der Waals surface area contributed by atoms with Gasteiger partial charge in [0, 0.05) is 18.3 Å². The van der Waals surface area contributed by atoms with Gasteiger partial charge in [-0.05, 0) is 42.2 Å². The van der Waals surface area contributed by atoms with Crippen molar-refractivity contribution < 1.29 is 9.53 Å². The smallest absolute Gasteiger partial charge is 0.307 e. The van der Waals surface area contributed by atoms with E-state index in [0.717, 1.165) is 29.8 Å². The number of aryl methyl sites for hydroxylation is 1. The number of aliphatic imine (C=N–C) groups is 1. The maximum Gasteiger partial charge on any atom is 0.307 e. The number of carbonyl (C=O) groups excluding carboxylic acids is 1. The van der Waals surface area contributed by atoms with E-state index in [4.69, 9.17) is 10.5 Å². The van der Waals surface area contributed by atoms with Crippen LogP contribution >= 0.6 is 11.8 Å². The van der Waals surface area contributed by atoms with Gasteiger partial charge in [-0.15, -0.1) is 0 Å². The van der Waals surface area contributed by atoms with E-state index in [0.29, 0.717) is 18.9 Å². The van der Waals surface area contributed by atoms with Crippen LogP contribution < -0.4 is 10.5 Å². The summed E-state index contributed by atoms with van der Waals surface area (Å²) in [5, 5.41) is -0.264. The number of thioether (sulfide) groups is 1. The van der Waals surface area contributed by atoms with Crippen LogP contribution in [0.25, 0.3) is 0 Å². The Morgan fingerprint density at radius 1 is 1.16 bits per heavy atom. The molecule has 2 heterocycles. The minimum Gasteiger partial charge on any atom is -0.493 e. The standard InChI is InChI=1S/C19H21N3O2S/c1-2-13-3-6-15(21-12-13)9-10-24-16-7-4-14(5-8-16)11-17-18(20)22-19(23)25-17/h3-8,12,17H,2,9-11H2,1H3,(H2,20,22,23). The summed E-state index contributed by atoms with van der Waals surface area (Å²) in [6.45, 7) is 2.71. The third-order valence-corrected chi connectivity index (χ3v) is 5.04. The van der Waals surface area contributed by atoms with Crippen molar-refractivity contribution in [1.29, 1.82) is 0 Å². The molecule has 6 heteroatoms. The number of hydrogen-bond donors (Lipinski definition) is 1. The van der Waals surface area contributed by atoms with Crippen molar-refractivity contribution in [1.82, 2.24) is 4.98 Å². The number of pyridine rings is 1.